The van der Waals surface area contributed by atoms with E-state index < -0.39 is 30.9 Å². The monoisotopic (exact) mass is 415 g/mol. The molecule has 2 atom stereocenters. The molecule has 0 aliphatic rings. The molecule has 2 unspecified atom stereocenters. The summed E-state index contributed by atoms with van der Waals surface area (Å²) in [4.78, 5) is 29.2. The van der Waals surface area contributed by atoms with Gasteiger partial charge in [-0.1, -0.05) is 24.3 Å². The third-order valence-electron chi connectivity index (χ3n) is 4.20. The van der Waals surface area contributed by atoms with Gasteiger partial charge < -0.3 is 30.2 Å². The van der Waals surface area contributed by atoms with E-state index in [2.05, 4.69) is 15.6 Å². The lowest BCUT2D eigenvalue weighted by molar-refractivity contribution is -0.124. The number of ether oxygens (including phenoxy) is 2. The number of hydrogen-bond donors (Lipinski definition) is 4. The molecule has 1 aromatic heterocycles. The summed E-state index contributed by atoms with van der Waals surface area (Å²) in [5, 5.41) is 24.3. The predicted molar refractivity (Wildman–Crippen MR) is 111 cm³/mol. The van der Waals surface area contributed by atoms with Crippen LogP contribution in [0.1, 0.15) is 22.6 Å². The van der Waals surface area contributed by atoms with Gasteiger partial charge in [0.25, 0.3) is 5.91 Å². The first kappa shape index (κ1) is 23.3. The molecule has 0 radical (unpaired) electrons. The number of rotatable bonds is 11. The second-order valence-electron chi connectivity index (χ2n) is 6.62. The quantitative estimate of drug-likeness (QED) is 0.383. The molecule has 0 saturated carbocycles. The summed E-state index contributed by atoms with van der Waals surface area (Å²) in [5.74, 6) is -1.51. The summed E-state index contributed by atoms with van der Waals surface area (Å²) in [6.07, 6.45) is 0.144. The third kappa shape index (κ3) is 7.47. The molecule has 4 N–H and O–H groups in total. The zero-order chi connectivity index (χ0) is 21.9. The zero-order valence-corrected chi connectivity index (χ0v) is 16.9. The standard InChI is InChI=1S/C20H26BN3O6/c1-14-7-6-10-16(22-14)19(25)23-17(13-29-2)20(26)24-18(21(27)28)11-12-30-15-8-4-3-5-9-15/h3-10,17-18,27-28H,11-13H2,1-2H3,(H,23,25)(H,24,26). The number of aryl methyl sites for hydroxylation is 1. The maximum Gasteiger partial charge on any atom is 0.475 e. The van der Waals surface area contributed by atoms with Crippen molar-refractivity contribution in [1.29, 1.82) is 0 Å². The van der Waals surface area contributed by atoms with Crippen molar-refractivity contribution >= 4 is 18.9 Å². The molecule has 0 fully saturated rings. The zero-order valence-electron chi connectivity index (χ0n) is 16.9. The van der Waals surface area contributed by atoms with Crippen molar-refractivity contribution in [2.45, 2.75) is 25.3 Å². The number of aromatic nitrogens is 1. The fourth-order valence-electron chi connectivity index (χ4n) is 2.65. The van der Waals surface area contributed by atoms with Crippen molar-refractivity contribution in [2.24, 2.45) is 0 Å². The molecule has 2 rings (SSSR count). The van der Waals surface area contributed by atoms with Gasteiger partial charge >= 0.3 is 7.12 Å². The van der Waals surface area contributed by atoms with Crippen molar-refractivity contribution in [3.63, 3.8) is 0 Å². The fourth-order valence-corrected chi connectivity index (χ4v) is 2.65. The van der Waals surface area contributed by atoms with E-state index in [1.165, 1.54) is 13.2 Å². The van der Waals surface area contributed by atoms with E-state index in [1.54, 1.807) is 31.2 Å². The molecule has 160 valence electrons. The van der Waals surface area contributed by atoms with Crippen molar-refractivity contribution in [3.05, 3.63) is 59.9 Å². The van der Waals surface area contributed by atoms with Gasteiger partial charge in [0, 0.05) is 19.2 Å². The highest BCUT2D eigenvalue weighted by atomic mass is 16.5. The van der Waals surface area contributed by atoms with Gasteiger partial charge in [-0.25, -0.2) is 4.98 Å². The van der Waals surface area contributed by atoms with E-state index in [4.69, 9.17) is 9.47 Å². The van der Waals surface area contributed by atoms with Crippen molar-refractivity contribution in [3.8, 4) is 5.75 Å². The Kier molecular flexibility index (Phi) is 9.27. The van der Waals surface area contributed by atoms with Crippen LogP contribution in [0.25, 0.3) is 0 Å². The van der Waals surface area contributed by atoms with Crippen LogP contribution in [0.15, 0.2) is 48.5 Å². The van der Waals surface area contributed by atoms with E-state index in [9.17, 15) is 19.6 Å². The van der Waals surface area contributed by atoms with E-state index >= 15 is 0 Å². The molecule has 1 aromatic carbocycles. The predicted octanol–water partition coefficient (Wildman–Crippen LogP) is 0.101. The minimum atomic E-state index is -1.80. The average molecular weight is 415 g/mol. The Morgan fingerprint density at radius 1 is 1.10 bits per heavy atom. The van der Waals surface area contributed by atoms with Crippen LogP contribution in [0, 0.1) is 6.92 Å². The molecule has 10 heteroatoms. The second kappa shape index (κ2) is 11.9. The summed E-state index contributed by atoms with van der Waals surface area (Å²) in [5.41, 5.74) is 0.830. The first-order valence-electron chi connectivity index (χ1n) is 9.48. The lowest BCUT2D eigenvalue weighted by Crippen LogP contribution is -2.55. The van der Waals surface area contributed by atoms with E-state index in [0.717, 1.165) is 0 Å². The van der Waals surface area contributed by atoms with Crippen LogP contribution in [0.5, 0.6) is 5.75 Å². The first-order chi connectivity index (χ1) is 14.4. The maximum atomic E-state index is 12.6. The summed E-state index contributed by atoms with van der Waals surface area (Å²) in [7, 11) is -0.408. The number of nitrogens with zero attached hydrogens (tertiary/aromatic N) is 1. The number of amides is 2. The highest BCUT2D eigenvalue weighted by molar-refractivity contribution is 6.43. The third-order valence-corrected chi connectivity index (χ3v) is 4.20. The Balaban J connectivity index is 1.95. The number of hydrogen-bond acceptors (Lipinski definition) is 7. The number of benzene rings is 1. The normalized spacial score (nSPS) is 12.5. The molecular formula is C20H26BN3O6. The van der Waals surface area contributed by atoms with Crippen molar-refractivity contribution in [2.75, 3.05) is 20.3 Å². The van der Waals surface area contributed by atoms with Crippen molar-refractivity contribution < 1.29 is 29.1 Å². The Morgan fingerprint density at radius 3 is 2.47 bits per heavy atom. The minimum Gasteiger partial charge on any atom is -0.494 e. The molecule has 0 saturated heterocycles. The van der Waals surface area contributed by atoms with Gasteiger partial charge in [-0.3, -0.25) is 9.59 Å². The molecule has 9 nitrogen and oxygen atoms in total. The minimum absolute atomic E-state index is 0.0991. The van der Waals surface area contributed by atoms with Crippen LogP contribution in [-0.4, -0.2) is 66.3 Å². The molecular weight excluding hydrogens is 389 g/mol. The molecule has 30 heavy (non-hydrogen) atoms. The lowest BCUT2D eigenvalue weighted by Gasteiger charge is -2.22. The number of carbonyl (C=O) groups is 2. The Hall–Kier alpha value is -2.95. The Morgan fingerprint density at radius 2 is 1.83 bits per heavy atom. The van der Waals surface area contributed by atoms with E-state index in [1.807, 2.05) is 18.2 Å². The van der Waals surface area contributed by atoms with Gasteiger partial charge in [0.15, 0.2) is 0 Å². The molecule has 1 heterocycles. The topological polar surface area (TPSA) is 130 Å². The number of para-hydroxylation sites is 1. The number of methoxy groups -OCH3 is 1. The second-order valence-corrected chi connectivity index (χ2v) is 6.62. The lowest BCUT2D eigenvalue weighted by atomic mass is 9.77. The van der Waals surface area contributed by atoms with Crippen LogP contribution in [0.4, 0.5) is 0 Å². The number of carbonyl (C=O) groups excluding carboxylic acids is 2. The number of pyridine rings is 1. The Bertz CT molecular complexity index is 821. The number of nitrogens with one attached hydrogen (secondary N) is 2. The van der Waals surface area contributed by atoms with Gasteiger partial charge in [0.2, 0.25) is 5.91 Å². The Labute approximate surface area is 175 Å². The summed E-state index contributed by atoms with van der Waals surface area (Å²) in [6.45, 7) is 1.81. The maximum absolute atomic E-state index is 12.6. The summed E-state index contributed by atoms with van der Waals surface area (Å²) < 4.78 is 10.6. The van der Waals surface area contributed by atoms with E-state index in [-0.39, 0.29) is 25.3 Å². The molecule has 0 spiro atoms. The molecule has 0 aliphatic carbocycles. The first-order valence-corrected chi connectivity index (χ1v) is 9.48. The van der Waals surface area contributed by atoms with Crippen LogP contribution in [0.2, 0.25) is 0 Å². The fraction of sp³-hybridized carbons (Fsp3) is 0.350. The van der Waals surface area contributed by atoms with Gasteiger partial charge in [-0.15, -0.1) is 0 Å². The molecule has 2 aromatic rings. The molecule has 0 bridgehead atoms. The van der Waals surface area contributed by atoms with Gasteiger partial charge in [-0.2, -0.15) is 0 Å². The largest absolute Gasteiger partial charge is 0.494 e. The van der Waals surface area contributed by atoms with Crippen LogP contribution < -0.4 is 15.4 Å². The molecule has 0 aliphatic heterocycles. The highest BCUT2D eigenvalue weighted by Crippen LogP contribution is 2.09. The van der Waals surface area contributed by atoms with Gasteiger partial charge in [0.05, 0.1) is 19.2 Å². The molecule has 2 amide bonds. The summed E-state index contributed by atoms with van der Waals surface area (Å²) >= 11 is 0. The average Bonchev–Trinajstić information content (AvgIpc) is 2.73. The van der Waals surface area contributed by atoms with Crippen LogP contribution in [-0.2, 0) is 9.53 Å². The SMILES string of the molecule is COCC(NC(=O)c1cccc(C)n1)C(=O)NC(CCOc1ccccc1)B(O)O. The smallest absolute Gasteiger partial charge is 0.475 e. The van der Waals surface area contributed by atoms with E-state index in [0.29, 0.717) is 11.4 Å². The highest BCUT2D eigenvalue weighted by Gasteiger charge is 2.29. The van der Waals surface area contributed by atoms with Gasteiger partial charge in [0.1, 0.15) is 17.5 Å². The van der Waals surface area contributed by atoms with Crippen LogP contribution >= 0.6 is 0 Å². The van der Waals surface area contributed by atoms with Crippen LogP contribution in [0.3, 0.4) is 0 Å². The van der Waals surface area contributed by atoms with Crippen molar-refractivity contribution in [1.82, 2.24) is 15.6 Å². The summed E-state index contributed by atoms with van der Waals surface area (Å²) in [6, 6.07) is 13.0. The van der Waals surface area contributed by atoms with Gasteiger partial charge in [-0.05, 0) is 31.2 Å².